The molecular formula is C17H26IN7O. The van der Waals surface area contributed by atoms with Gasteiger partial charge in [0.25, 0.3) is 5.89 Å². The molecule has 0 radical (unpaired) electrons. The largest absolute Gasteiger partial charge is 0.370 e. The molecule has 1 aliphatic rings. The number of pyridine rings is 1. The van der Waals surface area contributed by atoms with Crippen molar-refractivity contribution in [1.29, 1.82) is 0 Å². The molecule has 3 N–H and O–H groups in total. The fourth-order valence-electron chi connectivity index (χ4n) is 3.03. The minimum absolute atomic E-state index is 0. The lowest BCUT2D eigenvalue weighted by atomic mass is 10.2. The lowest BCUT2D eigenvalue weighted by molar-refractivity contribution is 0.273. The van der Waals surface area contributed by atoms with Crippen molar-refractivity contribution in [3.05, 3.63) is 30.2 Å². The first kappa shape index (κ1) is 20.6. The van der Waals surface area contributed by atoms with Gasteiger partial charge in [0.15, 0.2) is 11.8 Å². The lowest BCUT2D eigenvalue weighted by Gasteiger charge is -2.20. The first-order valence-corrected chi connectivity index (χ1v) is 8.78. The van der Waals surface area contributed by atoms with Crippen LogP contribution in [0.1, 0.15) is 25.6 Å². The van der Waals surface area contributed by atoms with Gasteiger partial charge in [0, 0.05) is 25.2 Å². The Bertz CT molecular complexity index is 691. The zero-order valence-electron chi connectivity index (χ0n) is 15.0. The highest BCUT2D eigenvalue weighted by Gasteiger charge is 2.22. The summed E-state index contributed by atoms with van der Waals surface area (Å²) in [6, 6.07) is 6.08. The van der Waals surface area contributed by atoms with E-state index in [0.29, 0.717) is 42.4 Å². The second-order valence-electron chi connectivity index (χ2n) is 6.06. The Balaban J connectivity index is 0.00000243. The number of likely N-dealkylation sites (tertiary alicyclic amines) is 1. The van der Waals surface area contributed by atoms with Gasteiger partial charge in [-0.2, -0.15) is 4.98 Å². The van der Waals surface area contributed by atoms with Crippen LogP contribution in [0.4, 0.5) is 0 Å². The van der Waals surface area contributed by atoms with Gasteiger partial charge in [-0.05, 0) is 38.1 Å². The minimum atomic E-state index is 0. The van der Waals surface area contributed by atoms with Crippen molar-refractivity contribution >= 4 is 29.9 Å². The zero-order valence-corrected chi connectivity index (χ0v) is 17.3. The maximum atomic E-state index is 5.95. The summed E-state index contributed by atoms with van der Waals surface area (Å²) in [6.45, 7) is 5.79. The van der Waals surface area contributed by atoms with Crippen molar-refractivity contribution in [2.24, 2.45) is 10.7 Å². The molecule has 0 aliphatic carbocycles. The number of aromatic nitrogens is 3. The number of rotatable bonds is 7. The van der Waals surface area contributed by atoms with E-state index < -0.39 is 0 Å². The molecule has 0 amide bonds. The second kappa shape index (κ2) is 10.4. The number of aliphatic imine (C=N–C) groups is 1. The number of hydrogen-bond acceptors (Lipinski definition) is 6. The summed E-state index contributed by atoms with van der Waals surface area (Å²) in [6.07, 6.45) is 4.75. The number of hydrogen-bond donors (Lipinski definition) is 2. The smallest absolute Gasteiger partial charge is 0.276 e. The SMILES string of the molecule is CCN1CCCC1CN=C(N)NCCc1noc(-c2ccccn2)n1.I. The monoisotopic (exact) mass is 471 g/mol. The molecule has 1 fully saturated rings. The van der Waals surface area contributed by atoms with Gasteiger partial charge in [-0.15, -0.1) is 24.0 Å². The third-order valence-electron chi connectivity index (χ3n) is 4.38. The number of guanidine groups is 1. The third-order valence-corrected chi connectivity index (χ3v) is 4.38. The maximum Gasteiger partial charge on any atom is 0.276 e. The Morgan fingerprint density at radius 2 is 2.35 bits per heavy atom. The lowest BCUT2D eigenvalue weighted by Crippen LogP contribution is -2.36. The number of nitrogens with zero attached hydrogens (tertiary/aromatic N) is 5. The molecule has 1 saturated heterocycles. The molecule has 2 aromatic heterocycles. The van der Waals surface area contributed by atoms with Crippen LogP contribution in [0.25, 0.3) is 11.6 Å². The standard InChI is InChI=1S/C17H25N7O.HI/c1-2-24-11-5-6-13(24)12-21-17(18)20-10-8-15-22-16(25-23-15)14-7-3-4-9-19-14;/h3-4,7,9,13H,2,5-6,8,10-12H2,1H3,(H3,18,20,21);1H. The van der Waals surface area contributed by atoms with E-state index in [2.05, 4.69) is 37.3 Å². The number of halogens is 1. The van der Waals surface area contributed by atoms with Crippen molar-refractivity contribution in [2.45, 2.75) is 32.2 Å². The van der Waals surface area contributed by atoms with Gasteiger partial charge >= 0.3 is 0 Å². The van der Waals surface area contributed by atoms with Crippen LogP contribution in [0.2, 0.25) is 0 Å². The van der Waals surface area contributed by atoms with E-state index in [4.69, 9.17) is 10.3 Å². The molecule has 0 bridgehead atoms. The van der Waals surface area contributed by atoms with E-state index in [9.17, 15) is 0 Å². The van der Waals surface area contributed by atoms with E-state index in [0.717, 1.165) is 13.1 Å². The number of nitrogens with one attached hydrogen (secondary N) is 1. The molecule has 3 heterocycles. The van der Waals surface area contributed by atoms with Crippen LogP contribution < -0.4 is 11.1 Å². The molecule has 0 spiro atoms. The van der Waals surface area contributed by atoms with Crippen molar-refractivity contribution in [3.63, 3.8) is 0 Å². The first-order chi connectivity index (χ1) is 12.3. The highest BCUT2D eigenvalue weighted by atomic mass is 127. The quantitative estimate of drug-likeness (QED) is 0.360. The summed E-state index contributed by atoms with van der Waals surface area (Å²) < 4.78 is 5.23. The Hall–Kier alpha value is -1.75. The average molecular weight is 471 g/mol. The van der Waals surface area contributed by atoms with Crippen molar-refractivity contribution < 1.29 is 4.52 Å². The highest BCUT2D eigenvalue weighted by Crippen LogP contribution is 2.16. The molecule has 26 heavy (non-hydrogen) atoms. The molecule has 0 saturated carbocycles. The summed E-state index contributed by atoms with van der Waals surface area (Å²) >= 11 is 0. The van der Waals surface area contributed by atoms with E-state index in [1.165, 1.54) is 19.4 Å². The second-order valence-corrected chi connectivity index (χ2v) is 6.06. The van der Waals surface area contributed by atoms with Gasteiger partial charge in [0.2, 0.25) is 0 Å². The summed E-state index contributed by atoms with van der Waals surface area (Å²) in [5.41, 5.74) is 6.62. The van der Waals surface area contributed by atoms with Crippen LogP contribution >= 0.6 is 24.0 Å². The fraction of sp³-hybridized carbons (Fsp3) is 0.529. The van der Waals surface area contributed by atoms with Crippen LogP contribution in [0.5, 0.6) is 0 Å². The summed E-state index contributed by atoms with van der Waals surface area (Å²) in [7, 11) is 0. The summed E-state index contributed by atoms with van der Waals surface area (Å²) in [5, 5.41) is 7.07. The normalized spacial score (nSPS) is 17.9. The molecule has 2 aromatic rings. The molecule has 1 unspecified atom stereocenters. The maximum absolute atomic E-state index is 5.95. The van der Waals surface area contributed by atoms with Crippen LogP contribution in [-0.2, 0) is 6.42 Å². The minimum Gasteiger partial charge on any atom is -0.370 e. The Morgan fingerprint density at radius 3 is 3.12 bits per heavy atom. The van der Waals surface area contributed by atoms with Crippen LogP contribution in [0.15, 0.2) is 33.9 Å². The van der Waals surface area contributed by atoms with Gasteiger partial charge < -0.3 is 15.6 Å². The van der Waals surface area contributed by atoms with Gasteiger partial charge in [-0.3, -0.25) is 14.9 Å². The molecule has 1 atom stereocenters. The van der Waals surface area contributed by atoms with Crippen molar-refractivity contribution in [3.8, 4) is 11.6 Å². The predicted molar refractivity (Wildman–Crippen MR) is 111 cm³/mol. The summed E-state index contributed by atoms with van der Waals surface area (Å²) in [5.74, 6) is 1.52. The van der Waals surface area contributed by atoms with Crippen LogP contribution in [0, 0.1) is 0 Å². The van der Waals surface area contributed by atoms with Crippen LogP contribution in [-0.4, -0.2) is 58.2 Å². The van der Waals surface area contributed by atoms with Crippen LogP contribution in [0.3, 0.4) is 0 Å². The van der Waals surface area contributed by atoms with Gasteiger partial charge in [0.1, 0.15) is 5.69 Å². The molecular weight excluding hydrogens is 445 g/mol. The Morgan fingerprint density at radius 1 is 1.46 bits per heavy atom. The van der Waals surface area contributed by atoms with Gasteiger partial charge in [-0.1, -0.05) is 18.1 Å². The van der Waals surface area contributed by atoms with E-state index in [1.54, 1.807) is 6.20 Å². The van der Waals surface area contributed by atoms with E-state index in [1.807, 2.05) is 18.2 Å². The third kappa shape index (κ3) is 5.63. The van der Waals surface area contributed by atoms with Crippen molar-refractivity contribution in [1.82, 2.24) is 25.3 Å². The molecule has 3 rings (SSSR count). The number of likely N-dealkylation sites (N-methyl/N-ethyl adjacent to an activating group) is 1. The summed E-state index contributed by atoms with van der Waals surface area (Å²) in [4.78, 5) is 15.4. The van der Waals surface area contributed by atoms with E-state index in [-0.39, 0.29) is 24.0 Å². The molecule has 8 nitrogen and oxygen atoms in total. The topological polar surface area (TPSA) is 105 Å². The molecule has 1 aliphatic heterocycles. The zero-order chi connectivity index (χ0) is 17.5. The average Bonchev–Trinajstić information content (AvgIpc) is 3.30. The Labute approximate surface area is 170 Å². The number of nitrogens with two attached hydrogens (primary N) is 1. The fourth-order valence-corrected chi connectivity index (χ4v) is 3.03. The van der Waals surface area contributed by atoms with Crippen molar-refractivity contribution in [2.75, 3.05) is 26.2 Å². The predicted octanol–water partition coefficient (Wildman–Crippen LogP) is 1.68. The first-order valence-electron chi connectivity index (χ1n) is 8.78. The van der Waals surface area contributed by atoms with Gasteiger partial charge in [-0.25, -0.2) is 0 Å². The highest BCUT2D eigenvalue weighted by molar-refractivity contribution is 14.0. The Kier molecular flexibility index (Phi) is 8.23. The molecule has 142 valence electrons. The van der Waals surface area contributed by atoms with Gasteiger partial charge in [0.05, 0.1) is 6.54 Å². The molecule has 0 aromatic carbocycles. The van der Waals surface area contributed by atoms with E-state index >= 15 is 0 Å². The molecule has 9 heteroatoms.